The molecule has 1 heterocycles. The molecule has 0 saturated carbocycles. The lowest BCUT2D eigenvalue weighted by molar-refractivity contribution is 0.0932. The summed E-state index contributed by atoms with van der Waals surface area (Å²) in [6, 6.07) is 20.6. The molecule has 0 aliphatic heterocycles. The van der Waals surface area contributed by atoms with Gasteiger partial charge in [-0.25, -0.2) is 0 Å². The summed E-state index contributed by atoms with van der Waals surface area (Å²) in [5.41, 5.74) is 1.44. The molecule has 0 bridgehead atoms. The van der Waals surface area contributed by atoms with Crippen LogP contribution in [0.25, 0.3) is 0 Å². The summed E-state index contributed by atoms with van der Waals surface area (Å²) in [6.45, 7) is 4.12. The number of rotatable bonds is 6. The number of amides is 1. The third kappa shape index (κ3) is 4.29. The van der Waals surface area contributed by atoms with Crippen LogP contribution in [0.4, 0.5) is 0 Å². The highest BCUT2D eigenvalue weighted by molar-refractivity contribution is 5.95. The van der Waals surface area contributed by atoms with Gasteiger partial charge in [0.2, 0.25) is 0 Å². The van der Waals surface area contributed by atoms with Gasteiger partial charge in [-0.05, 0) is 44.2 Å². The van der Waals surface area contributed by atoms with Crippen molar-refractivity contribution in [3.8, 4) is 5.75 Å². The molecule has 1 amide bonds. The molecule has 1 atom stereocenters. The molecule has 3 rings (SSSR count). The first-order chi connectivity index (χ1) is 12.1. The fourth-order valence-electron chi connectivity index (χ4n) is 2.58. The standard InChI is InChI=1S/C21H21NO3/c1-15-12-13-20(25-15)16(2)22-21(23)19-11-7-6-8-17(19)14-24-18-9-4-3-5-10-18/h3-13,16H,14H2,1-2H3,(H,22,23). The fourth-order valence-corrected chi connectivity index (χ4v) is 2.58. The van der Waals surface area contributed by atoms with E-state index in [9.17, 15) is 4.79 Å². The van der Waals surface area contributed by atoms with Crippen LogP contribution < -0.4 is 10.1 Å². The summed E-state index contributed by atoms with van der Waals surface area (Å²) < 4.78 is 11.4. The predicted octanol–water partition coefficient (Wildman–Crippen LogP) is 4.66. The monoisotopic (exact) mass is 335 g/mol. The summed E-state index contributed by atoms with van der Waals surface area (Å²) >= 11 is 0. The zero-order chi connectivity index (χ0) is 17.6. The summed E-state index contributed by atoms with van der Waals surface area (Å²) in [5.74, 6) is 2.20. The van der Waals surface area contributed by atoms with Crippen LogP contribution >= 0.6 is 0 Å². The summed E-state index contributed by atoms with van der Waals surface area (Å²) in [4.78, 5) is 12.7. The molecule has 0 fully saturated rings. The number of hydrogen-bond acceptors (Lipinski definition) is 3. The van der Waals surface area contributed by atoms with Crippen molar-refractivity contribution in [3.05, 3.63) is 89.4 Å². The molecule has 0 aliphatic carbocycles. The second kappa shape index (κ2) is 7.71. The smallest absolute Gasteiger partial charge is 0.252 e. The van der Waals surface area contributed by atoms with E-state index in [4.69, 9.17) is 9.15 Å². The Morgan fingerprint density at radius 3 is 2.48 bits per heavy atom. The molecule has 1 aromatic heterocycles. The minimum Gasteiger partial charge on any atom is -0.489 e. The molecule has 1 N–H and O–H groups in total. The van der Waals surface area contributed by atoms with E-state index in [1.165, 1.54) is 0 Å². The number of furan rings is 1. The second-order valence-electron chi connectivity index (χ2n) is 5.90. The van der Waals surface area contributed by atoms with Gasteiger partial charge in [0.05, 0.1) is 6.04 Å². The molecular formula is C21H21NO3. The van der Waals surface area contributed by atoms with Gasteiger partial charge in [0.15, 0.2) is 0 Å². The van der Waals surface area contributed by atoms with Crippen LogP contribution in [0.5, 0.6) is 5.75 Å². The number of carbonyl (C=O) groups excluding carboxylic acids is 1. The van der Waals surface area contributed by atoms with E-state index >= 15 is 0 Å². The topological polar surface area (TPSA) is 51.5 Å². The number of hydrogen-bond donors (Lipinski definition) is 1. The molecule has 0 aliphatic rings. The van der Waals surface area contributed by atoms with Crippen LogP contribution in [-0.4, -0.2) is 5.91 Å². The fraction of sp³-hybridized carbons (Fsp3) is 0.190. The van der Waals surface area contributed by atoms with Crippen LogP contribution in [0.3, 0.4) is 0 Å². The minimum absolute atomic E-state index is 0.145. The Hall–Kier alpha value is -3.01. The average Bonchev–Trinajstić information content (AvgIpc) is 3.07. The van der Waals surface area contributed by atoms with Crippen molar-refractivity contribution in [1.29, 1.82) is 0 Å². The number of aryl methyl sites for hydroxylation is 1. The van der Waals surface area contributed by atoms with Crippen LogP contribution in [0, 0.1) is 6.92 Å². The van der Waals surface area contributed by atoms with Crippen molar-refractivity contribution >= 4 is 5.91 Å². The van der Waals surface area contributed by atoms with Crippen LogP contribution in [0.15, 0.2) is 71.1 Å². The van der Waals surface area contributed by atoms with E-state index in [2.05, 4.69) is 5.32 Å². The molecule has 128 valence electrons. The Kier molecular flexibility index (Phi) is 5.19. The normalized spacial score (nSPS) is 11.8. The van der Waals surface area contributed by atoms with E-state index in [0.29, 0.717) is 12.2 Å². The molecule has 0 saturated heterocycles. The molecule has 0 radical (unpaired) electrons. The van der Waals surface area contributed by atoms with E-state index in [1.54, 1.807) is 6.07 Å². The Morgan fingerprint density at radius 2 is 1.76 bits per heavy atom. The molecule has 2 aromatic carbocycles. The third-order valence-electron chi connectivity index (χ3n) is 3.94. The number of ether oxygens (including phenoxy) is 1. The molecule has 25 heavy (non-hydrogen) atoms. The quantitative estimate of drug-likeness (QED) is 0.713. The maximum Gasteiger partial charge on any atom is 0.252 e. The molecular weight excluding hydrogens is 314 g/mol. The molecule has 1 unspecified atom stereocenters. The Balaban J connectivity index is 1.70. The number of benzene rings is 2. The highest BCUT2D eigenvalue weighted by atomic mass is 16.5. The van der Waals surface area contributed by atoms with Gasteiger partial charge in [0, 0.05) is 11.1 Å². The zero-order valence-electron chi connectivity index (χ0n) is 14.4. The molecule has 0 spiro atoms. The van der Waals surface area contributed by atoms with Crippen molar-refractivity contribution in [2.45, 2.75) is 26.5 Å². The maximum atomic E-state index is 12.7. The van der Waals surface area contributed by atoms with E-state index in [0.717, 1.165) is 22.8 Å². The lowest BCUT2D eigenvalue weighted by Gasteiger charge is -2.14. The second-order valence-corrected chi connectivity index (χ2v) is 5.90. The van der Waals surface area contributed by atoms with Crippen molar-refractivity contribution in [2.24, 2.45) is 0 Å². The van der Waals surface area contributed by atoms with Gasteiger partial charge in [-0.2, -0.15) is 0 Å². The third-order valence-corrected chi connectivity index (χ3v) is 3.94. The van der Waals surface area contributed by atoms with Gasteiger partial charge < -0.3 is 14.5 Å². The van der Waals surface area contributed by atoms with Crippen molar-refractivity contribution in [2.75, 3.05) is 0 Å². The van der Waals surface area contributed by atoms with E-state index < -0.39 is 0 Å². The Bertz CT molecular complexity index is 839. The average molecular weight is 335 g/mol. The first kappa shape index (κ1) is 16.8. The zero-order valence-corrected chi connectivity index (χ0v) is 14.4. The summed E-state index contributed by atoms with van der Waals surface area (Å²) in [7, 11) is 0. The number of nitrogens with one attached hydrogen (secondary N) is 1. The number of carbonyl (C=O) groups is 1. The van der Waals surface area contributed by atoms with Gasteiger partial charge in [0.25, 0.3) is 5.91 Å². The van der Waals surface area contributed by atoms with Crippen LogP contribution in [0.1, 0.15) is 40.4 Å². The Labute approximate surface area is 147 Å². The van der Waals surface area contributed by atoms with Crippen molar-refractivity contribution in [1.82, 2.24) is 5.32 Å². The number of para-hydroxylation sites is 1. The Morgan fingerprint density at radius 1 is 1.04 bits per heavy atom. The molecule has 4 heteroatoms. The van der Waals surface area contributed by atoms with Crippen LogP contribution in [-0.2, 0) is 6.61 Å². The van der Waals surface area contributed by atoms with Crippen molar-refractivity contribution in [3.63, 3.8) is 0 Å². The largest absolute Gasteiger partial charge is 0.489 e. The van der Waals surface area contributed by atoms with Gasteiger partial charge in [-0.1, -0.05) is 36.4 Å². The molecule has 3 aromatic rings. The van der Waals surface area contributed by atoms with E-state index in [1.807, 2.05) is 74.5 Å². The summed E-state index contributed by atoms with van der Waals surface area (Å²) in [6.07, 6.45) is 0. The molecule has 4 nitrogen and oxygen atoms in total. The first-order valence-corrected chi connectivity index (χ1v) is 8.26. The minimum atomic E-state index is -0.204. The van der Waals surface area contributed by atoms with Gasteiger partial charge in [0.1, 0.15) is 23.9 Å². The van der Waals surface area contributed by atoms with Crippen LogP contribution in [0.2, 0.25) is 0 Å². The highest BCUT2D eigenvalue weighted by Gasteiger charge is 2.16. The first-order valence-electron chi connectivity index (χ1n) is 8.26. The SMILES string of the molecule is Cc1ccc(C(C)NC(=O)c2ccccc2COc2ccccc2)o1. The lowest BCUT2D eigenvalue weighted by atomic mass is 10.1. The highest BCUT2D eigenvalue weighted by Crippen LogP contribution is 2.18. The summed E-state index contributed by atoms with van der Waals surface area (Å²) in [5, 5.41) is 2.98. The maximum absolute atomic E-state index is 12.7. The predicted molar refractivity (Wildman–Crippen MR) is 96.5 cm³/mol. The van der Waals surface area contributed by atoms with Gasteiger partial charge in [-0.3, -0.25) is 4.79 Å². The van der Waals surface area contributed by atoms with Gasteiger partial charge >= 0.3 is 0 Å². The van der Waals surface area contributed by atoms with E-state index in [-0.39, 0.29) is 11.9 Å². The van der Waals surface area contributed by atoms with Gasteiger partial charge in [-0.15, -0.1) is 0 Å². The lowest BCUT2D eigenvalue weighted by Crippen LogP contribution is -2.27. The van der Waals surface area contributed by atoms with Crippen molar-refractivity contribution < 1.29 is 13.9 Å².